The predicted octanol–water partition coefficient (Wildman–Crippen LogP) is 4.59. The number of anilines is 1. The summed E-state index contributed by atoms with van der Waals surface area (Å²) < 4.78 is 0.600. The highest BCUT2D eigenvalue weighted by molar-refractivity contribution is 7.20. The Morgan fingerprint density at radius 3 is 2.31 bits per heavy atom. The first-order chi connectivity index (χ1) is 12.3. The van der Waals surface area contributed by atoms with Gasteiger partial charge in [0.2, 0.25) is 0 Å². The second-order valence-corrected chi connectivity index (χ2v) is 7.42. The maximum absolute atomic E-state index is 12.3. The van der Waals surface area contributed by atoms with Crippen LogP contribution in [0.4, 0.5) is 16.5 Å². The van der Waals surface area contributed by atoms with E-state index in [2.05, 4.69) is 10.3 Å². The number of nitro benzene ring substituents is 2. The highest BCUT2D eigenvalue weighted by Gasteiger charge is 2.20. The highest BCUT2D eigenvalue weighted by atomic mass is 35.5. The van der Waals surface area contributed by atoms with E-state index in [9.17, 15) is 25.0 Å². The summed E-state index contributed by atoms with van der Waals surface area (Å²) in [7, 11) is 0. The van der Waals surface area contributed by atoms with E-state index in [0.29, 0.717) is 10.0 Å². The molecular weight excluding hydrogens is 404 g/mol. The molecule has 0 aliphatic carbocycles. The van der Waals surface area contributed by atoms with Crippen molar-refractivity contribution in [2.75, 3.05) is 5.32 Å². The average molecular weight is 411 g/mol. The number of aromatic nitrogens is 1. The Kier molecular flexibility index (Phi) is 4.93. The molecule has 0 spiro atoms. The molecule has 3 rings (SSSR count). The Labute approximate surface area is 158 Å². The summed E-state index contributed by atoms with van der Waals surface area (Å²) >= 11 is 8.35. The SMILES string of the molecule is O=C(Nc1nc(-c2ccc(Cl)s2)cs1)c1cc([N+](=O)[O-])cc([N+](=O)[O-])c1. The van der Waals surface area contributed by atoms with Crippen LogP contribution in [0.15, 0.2) is 35.7 Å². The Balaban J connectivity index is 1.85. The standard InChI is InChI=1S/C14H7ClN4O5S2/c15-12-2-1-11(26-12)10-6-25-14(16-10)17-13(20)7-3-8(18(21)22)5-9(4-7)19(23)24/h1-6H,(H,16,17,20). The molecule has 0 fully saturated rings. The van der Waals surface area contributed by atoms with E-state index in [1.54, 1.807) is 17.5 Å². The van der Waals surface area contributed by atoms with Crippen molar-refractivity contribution < 1.29 is 14.6 Å². The van der Waals surface area contributed by atoms with Gasteiger partial charge in [-0.1, -0.05) is 11.6 Å². The van der Waals surface area contributed by atoms with Gasteiger partial charge in [0.25, 0.3) is 17.3 Å². The fourth-order valence-electron chi connectivity index (χ4n) is 2.00. The summed E-state index contributed by atoms with van der Waals surface area (Å²) in [4.78, 5) is 37.6. The van der Waals surface area contributed by atoms with Crippen molar-refractivity contribution in [3.05, 3.63) is 65.8 Å². The summed E-state index contributed by atoms with van der Waals surface area (Å²) in [6.45, 7) is 0. The number of hydrogen-bond donors (Lipinski definition) is 1. The molecule has 2 heterocycles. The molecule has 12 heteroatoms. The minimum atomic E-state index is -0.800. The Morgan fingerprint density at radius 2 is 1.77 bits per heavy atom. The van der Waals surface area contributed by atoms with Crippen LogP contribution < -0.4 is 5.32 Å². The van der Waals surface area contributed by atoms with Gasteiger partial charge in [-0.15, -0.1) is 22.7 Å². The van der Waals surface area contributed by atoms with Gasteiger partial charge < -0.3 is 0 Å². The van der Waals surface area contributed by atoms with Crippen molar-refractivity contribution in [3.8, 4) is 10.6 Å². The molecule has 0 unspecified atom stereocenters. The number of benzene rings is 1. The summed E-state index contributed by atoms with van der Waals surface area (Å²) in [5, 5.41) is 26.3. The smallest absolute Gasteiger partial charge is 0.277 e. The van der Waals surface area contributed by atoms with Crippen molar-refractivity contribution in [2.45, 2.75) is 0 Å². The molecule has 26 heavy (non-hydrogen) atoms. The number of thiazole rings is 1. The Bertz CT molecular complexity index is 1000. The molecule has 0 atom stereocenters. The van der Waals surface area contributed by atoms with Crippen LogP contribution in [0.2, 0.25) is 4.34 Å². The highest BCUT2D eigenvalue weighted by Crippen LogP contribution is 2.33. The lowest BCUT2D eigenvalue weighted by Crippen LogP contribution is -2.12. The van der Waals surface area contributed by atoms with Crippen molar-refractivity contribution in [1.29, 1.82) is 0 Å². The van der Waals surface area contributed by atoms with Gasteiger partial charge in [0.05, 0.1) is 36.4 Å². The van der Waals surface area contributed by atoms with E-state index in [1.165, 1.54) is 11.3 Å². The number of amides is 1. The minimum absolute atomic E-state index is 0.207. The third-order valence-corrected chi connectivity index (χ3v) is 5.15. The molecule has 1 N–H and O–H groups in total. The average Bonchev–Trinajstić information content (AvgIpc) is 3.23. The minimum Gasteiger partial charge on any atom is -0.298 e. The molecular formula is C14H7ClN4O5S2. The van der Waals surface area contributed by atoms with Gasteiger partial charge in [-0.2, -0.15) is 0 Å². The molecule has 132 valence electrons. The van der Waals surface area contributed by atoms with E-state index in [4.69, 9.17) is 11.6 Å². The van der Waals surface area contributed by atoms with E-state index in [1.807, 2.05) is 0 Å². The van der Waals surface area contributed by atoms with Gasteiger partial charge in [-0.3, -0.25) is 30.3 Å². The lowest BCUT2D eigenvalue weighted by molar-refractivity contribution is -0.394. The maximum Gasteiger partial charge on any atom is 0.277 e. The third-order valence-electron chi connectivity index (χ3n) is 3.14. The molecule has 0 bridgehead atoms. The fraction of sp³-hybridized carbons (Fsp3) is 0. The van der Waals surface area contributed by atoms with Gasteiger partial charge in [0.1, 0.15) is 0 Å². The van der Waals surface area contributed by atoms with Gasteiger partial charge in [-0.25, -0.2) is 4.98 Å². The summed E-state index contributed by atoms with van der Waals surface area (Å²) in [6, 6.07) is 6.24. The largest absolute Gasteiger partial charge is 0.298 e. The first-order valence-electron chi connectivity index (χ1n) is 6.80. The van der Waals surface area contributed by atoms with Crippen molar-refractivity contribution in [2.24, 2.45) is 0 Å². The molecule has 3 aromatic rings. The third kappa shape index (κ3) is 3.85. The molecule has 0 aliphatic heterocycles. The lowest BCUT2D eigenvalue weighted by Gasteiger charge is -2.02. The van der Waals surface area contributed by atoms with Crippen LogP contribution in [-0.2, 0) is 0 Å². The van der Waals surface area contributed by atoms with Crippen molar-refractivity contribution >= 4 is 56.7 Å². The maximum atomic E-state index is 12.3. The number of non-ortho nitro benzene ring substituents is 2. The number of nitrogens with zero attached hydrogens (tertiary/aromatic N) is 3. The number of halogens is 1. The number of nitro groups is 2. The van der Waals surface area contributed by atoms with E-state index >= 15 is 0 Å². The molecule has 0 radical (unpaired) electrons. The second-order valence-electron chi connectivity index (χ2n) is 4.85. The molecule has 1 amide bonds. The van der Waals surface area contributed by atoms with Crippen LogP contribution in [0.5, 0.6) is 0 Å². The van der Waals surface area contributed by atoms with E-state index in [0.717, 1.165) is 34.4 Å². The molecule has 0 saturated carbocycles. The number of nitrogens with one attached hydrogen (secondary N) is 1. The summed E-state index contributed by atoms with van der Waals surface area (Å²) in [5.74, 6) is -0.734. The zero-order valence-electron chi connectivity index (χ0n) is 12.5. The zero-order valence-corrected chi connectivity index (χ0v) is 14.9. The van der Waals surface area contributed by atoms with Crippen LogP contribution in [0.1, 0.15) is 10.4 Å². The summed E-state index contributed by atoms with van der Waals surface area (Å²) in [6.07, 6.45) is 0. The quantitative estimate of drug-likeness (QED) is 0.483. The van der Waals surface area contributed by atoms with E-state index in [-0.39, 0.29) is 10.7 Å². The van der Waals surface area contributed by atoms with Crippen LogP contribution in [-0.4, -0.2) is 20.7 Å². The zero-order chi connectivity index (χ0) is 18.8. The van der Waals surface area contributed by atoms with Gasteiger partial charge in [-0.05, 0) is 12.1 Å². The first kappa shape index (κ1) is 17.9. The molecule has 0 aliphatic rings. The predicted molar refractivity (Wildman–Crippen MR) is 98.1 cm³/mol. The van der Waals surface area contributed by atoms with Crippen LogP contribution in [0.25, 0.3) is 10.6 Å². The lowest BCUT2D eigenvalue weighted by atomic mass is 10.1. The topological polar surface area (TPSA) is 128 Å². The number of thiophene rings is 1. The summed E-state index contributed by atoms with van der Waals surface area (Å²) in [5.41, 5.74) is -0.677. The number of rotatable bonds is 5. The number of carbonyl (C=O) groups is 1. The van der Waals surface area contributed by atoms with Crippen LogP contribution in [0, 0.1) is 20.2 Å². The second kappa shape index (κ2) is 7.15. The monoisotopic (exact) mass is 410 g/mol. The fourth-order valence-corrected chi connectivity index (χ4v) is 3.79. The van der Waals surface area contributed by atoms with Crippen molar-refractivity contribution in [1.82, 2.24) is 4.98 Å². The normalized spacial score (nSPS) is 10.5. The van der Waals surface area contributed by atoms with Crippen LogP contribution >= 0.6 is 34.3 Å². The van der Waals surface area contributed by atoms with Gasteiger partial charge in [0.15, 0.2) is 5.13 Å². The van der Waals surface area contributed by atoms with E-state index < -0.39 is 27.1 Å². The molecule has 2 aromatic heterocycles. The Morgan fingerprint density at radius 1 is 1.12 bits per heavy atom. The van der Waals surface area contributed by atoms with Crippen molar-refractivity contribution in [3.63, 3.8) is 0 Å². The van der Waals surface area contributed by atoms with Gasteiger partial charge in [0, 0.05) is 17.5 Å². The van der Waals surface area contributed by atoms with Crippen LogP contribution in [0.3, 0.4) is 0 Å². The molecule has 0 saturated heterocycles. The van der Waals surface area contributed by atoms with Gasteiger partial charge >= 0.3 is 0 Å². The molecule has 9 nitrogen and oxygen atoms in total. The number of hydrogen-bond acceptors (Lipinski definition) is 8. The first-order valence-corrected chi connectivity index (χ1v) is 8.87. The Hall–Kier alpha value is -2.89. The molecule has 1 aromatic carbocycles. The number of carbonyl (C=O) groups excluding carboxylic acids is 1.